The predicted molar refractivity (Wildman–Crippen MR) is 97.3 cm³/mol. The van der Waals surface area contributed by atoms with Gasteiger partial charge in [0.15, 0.2) is 0 Å². The number of hydrogen-bond donors (Lipinski definition) is 1. The standard InChI is InChI=1S/C19H23FN2O2S/c1-13-7-8-14(15(20)12-13)19(22-25(23)18(2,3)4)9-11-24-16-6-5-10-21-17(16)19/h5-8,10,12,22H,9,11H2,1-4H3/t19-,25?/m0/s1. The van der Waals surface area contributed by atoms with Crippen molar-refractivity contribution in [2.24, 2.45) is 0 Å². The highest BCUT2D eigenvalue weighted by atomic mass is 32.2. The molecule has 25 heavy (non-hydrogen) atoms. The third-order valence-electron chi connectivity index (χ3n) is 4.32. The number of fused-ring (bicyclic) bond motifs is 1. The Morgan fingerprint density at radius 1 is 1.32 bits per heavy atom. The summed E-state index contributed by atoms with van der Waals surface area (Å²) >= 11 is -1.41. The zero-order valence-electron chi connectivity index (χ0n) is 14.9. The van der Waals surface area contributed by atoms with Gasteiger partial charge in [0.2, 0.25) is 0 Å². The monoisotopic (exact) mass is 362 g/mol. The van der Waals surface area contributed by atoms with Crippen LogP contribution in [0.5, 0.6) is 5.75 Å². The van der Waals surface area contributed by atoms with Gasteiger partial charge in [0.1, 0.15) is 27.5 Å². The molecule has 1 N–H and O–H groups in total. The molecule has 4 nitrogen and oxygen atoms in total. The van der Waals surface area contributed by atoms with Crippen molar-refractivity contribution in [2.45, 2.75) is 44.4 Å². The van der Waals surface area contributed by atoms with Crippen LogP contribution in [0.3, 0.4) is 0 Å². The number of benzene rings is 1. The lowest BCUT2D eigenvalue weighted by molar-refractivity contribution is 0.218. The molecule has 0 bridgehead atoms. The first-order valence-corrected chi connectivity index (χ1v) is 9.44. The Bertz CT molecular complexity index is 778. The van der Waals surface area contributed by atoms with E-state index in [2.05, 4.69) is 9.71 Å². The van der Waals surface area contributed by atoms with Gasteiger partial charge in [0.25, 0.3) is 0 Å². The molecule has 0 amide bonds. The van der Waals surface area contributed by atoms with Crippen LogP contribution in [0, 0.1) is 12.7 Å². The fourth-order valence-corrected chi connectivity index (χ4v) is 3.89. The van der Waals surface area contributed by atoms with Crippen molar-refractivity contribution >= 4 is 11.4 Å². The summed E-state index contributed by atoms with van der Waals surface area (Å²) in [6, 6.07) is 8.70. The molecule has 0 saturated heterocycles. The Morgan fingerprint density at radius 3 is 2.76 bits per heavy atom. The maximum atomic E-state index is 14.9. The predicted octanol–water partition coefficient (Wildman–Crippen LogP) is 3.61. The summed E-state index contributed by atoms with van der Waals surface area (Å²) in [6.07, 6.45) is 2.09. The lowest BCUT2D eigenvalue weighted by Crippen LogP contribution is -2.54. The van der Waals surface area contributed by atoms with Crippen molar-refractivity contribution in [1.82, 2.24) is 9.71 Å². The molecule has 1 aliphatic heterocycles. The highest BCUT2D eigenvalue weighted by molar-refractivity contribution is 7.90. The fourth-order valence-electron chi connectivity index (χ4n) is 2.95. The molecular weight excluding hydrogens is 339 g/mol. The van der Waals surface area contributed by atoms with Crippen LogP contribution in [0.25, 0.3) is 0 Å². The lowest BCUT2D eigenvalue weighted by Gasteiger charge is -2.40. The molecule has 134 valence electrons. The van der Waals surface area contributed by atoms with E-state index in [4.69, 9.17) is 4.74 Å². The van der Waals surface area contributed by atoms with E-state index >= 15 is 0 Å². The van der Waals surface area contributed by atoms with E-state index in [1.54, 1.807) is 18.3 Å². The maximum absolute atomic E-state index is 14.9. The van der Waals surface area contributed by atoms with Gasteiger partial charge in [-0.3, -0.25) is 4.98 Å². The molecule has 3 rings (SSSR count). The van der Waals surface area contributed by atoms with Crippen LogP contribution in [0.2, 0.25) is 0 Å². The number of aromatic nitrogens is 1. The SMILES string of the molecule is Cc1ccc([C@@]2(N[S+]([O-])C(C)(C)C)CCOc3cccnc32)c(F)c1. The average Bonchev–Trinajstić information content (AvgIpc) is 2.54. The Labute approximate surface area is 151 Å². The Hall–Kier alpha value is -1.63. The average molecular weight is 362 g/mol. The highest BCUT2D eigenvalue weighted by Crippen LogP contribution is 2.42. The van der Waals surface area contributed by atoms with Crippen LogP contribution in [0.4, 0.5) is 4.39 Å². The maximum Gasteiger partial charge on any atom is 0.143 e. The van der Waals surface area contributed by atoms with Crippen LogP contribution in [0.1, 0.15) is 44.0 Å². The number of halogens is 1. The second-order valence-corrected chi connectivity index (χ2v) is 9.29. The van der Waals surface area contributed by atoms with Gasteiger partial charge >= 0.3 is 0 Å². The van der Waals surface area contributed by atoms with Crippen LogP contribution < -0.4 is 9.46 Å². The molecular formula is C19H23FN2O2S. The number of pyridine rings is 1. The van der Waals surface area contributed by atoms with E-state index < -0.39 is 21.6 Å². The first-order chi connectivity index (χ1) is 11.7. The summed E-state index contributed by atoms with van der Waals surface area (Å²) in [5, 5.41) is 0. The van der Waals surface area contributed by atoms with E-state index in [-0.39, 0.29) is 5.82 Å². The third kappa shape index (κ3) is 3.38. The summed E-state index contributed by atoms with van der Waals surface area (Å²) in [6.45, 7) is 7.88. The van der Waals surface area contributed by atoms with Crippen LogP contribution in [0.15, 0.2) is 36.5 Å². The molecule has 0 radical (unpaired) electrons. The van der Waals surface area contributed by atoms with Gasteiger partial charge in [-0.1, -0.05) is 12.1 Å². The van der Waals surface area contributed by atoms with Crippen LogP contribution in [-0.2, 0) is 16.9 Å². The minimum absolute atomic E-state index is 0.336. The summed E-state index contributed by atoms with van der Waals surface area (Å²) in [5.41, 5.74) is 0.854. The summed E-state index contributed by atoms with van der Waals surface area (Å²) < 4.78 is 36.2. The van der Waals surface area contributed by atoms with Crippen LogP contribution >= 0.6 is 0 Å². The van der Waals surface area contributed by atoms with Crippen molar-refractivity contribution in [3.63, 3.8) is 0 Å². The quantitative estimate of drug-likeness (QED) is 0.848. The van der Waals surface area contributed by atoms with Crippen molar-refractivity contribution in [3.8, 4) is 5.75 Å². The van der Waals surface area contributed by atoms with Crippen molar-refractivity contribution in [2.75, 3.05) is 6.61 Å². The van der Waals surface area contributed by atoms with Gasteiger partial charge < -0.3 is 9.29 Å². The second-order valence-electron chi connectivity index (χ2n) is 7.32. The van der Waals surface area contributed by atoms with Crippen molar-refractivity contribution < 1.29 is 13.7 Å². The van der Waals surface area contributed by atoms with E-state index in [9.17, 15) is 8.94 Å². The number of nitrogens with zero attached hydrogens (tertiary/aromatic N) is 1. The molecule has 0 fully saturated rings. The molecule has 1 unspecified atom stereocenters. The zero-order chi connectivity index (χ0) is 18.2. The Kier molecular flexibility index (Phi) is 4.79. The molecule has 2 heterocycles. The second kappa shape index (κ2) is 6.59. The van der Waals surface area contributed by atoms with Gasteiger partial charge in [-0.05, 0) is 51.5 Å². The number of hydrogen-bond acceptors (Lipinski definition) is 4. The number of nitrogens with one attached hydrogen (secondary N) is 1. The van der Waals surface area contributed by atoms with Gasteiger partial charge in [-0.25, -0.2) is 4.39 Å². The molecule has 1 aliphatic rings. The van der Waals surface area contributed by atoms with E-state index in [0.29, 0.717) is 30.0 Å². The number of aryl methyl sites for hydroxylation is 1. The first kappa shape index (κ1) is 18.2. The topological polar surface area (TPSA) is 57.2 Å². The van der Waals surface area contributed by atoms with E-state index in [0.717, 1.165) is 5.56 Å². The minimum atomic E-state index is -1.41. The molecule has 0 spiro atoms. The molecule has 2 aromatic rings. The van der Waals surface area contributed by atoms with Gasteiger partial charge in [-0.2, -0.15) is 0 Å². The summed E-state index contributed by atoms with van der Waals surface area (Å²) in [7, 11) is 0. The summed E-state index contributed by atoms with van der Waals surface area (Å²) in [4.78, 5) is 4.46. The smallest absolute Gasteiger partial charge is 0.143 e. The molecule has 1 aromatic carbocycles. The zero-order valence-corrected chi connectivity index (χ0v) is 15.7. The lowest BCUT2D eigenvalue weighted by atomic mass is 9.82. The van der Waals surface area contributed by atoms with E-state index in [1.807, 2.05) is 39.8 Å². The largest absolute Gasteiger partial charge is 0.598 e. The van der Waals surface area contributed by atoms with Gasteiger partial charge in [0, 0.05) is 29.5 Å². The molecule has 0 saturated carbocycles. The van der Waals surface area contributed by atoms with Gasteiger partial charge in [-0.15, -0.1) is 4.72 Å². The van der Waals surface area contributed by atoms with Crippen LogP contribution in [-0.4, -0.2) is 20.9 Å². The van der Waals surface area contributed by atoms with Crippen molar-refractivity contribution in [1.29, 1.82) is 0 Å². The molecule has 2 atom stereocenters. The molecule has 6 heteroatoms. The number of ether oxygens (including phenoxy) is 1. The molecule has 1 aromatic heterocycles. The van der Waals surface area contributed by atoms with Gasteiger partial charge in [0.05, 0.1) is 6.61 Å². The molecule has 0 aliphatic carbocycles. The summed E-state index contributed by atoms with van der Waals surface area (Å²) in [5.74, 6) is 0.254. The fraction of sp³-hybridized carbons (Fsp3) is 0.421. The Morgan fingerprint density at radius 2 is 2.08 bits per heavy atom. The van der Waals surface area contributed by atoms with Crippen molar-refractivity contribution in [3.05, 3.63) is 59.2 Å². The minimum Gasteiger partial charge on any atom is -0.598 e. The first-order valence-electron chi connectivity index (χ1n) is 8.29. The highest BCUT2D eigenvalue weighted by Gasteiger charge is 2.48. The normalized spacial score (nSPS) is 21.4. The Balaban J connectivity index is 2.20. The third-order valence-corrected chi connectivity index (χ3v) is 5.96. The number of rotatable bonds is 3. The van der Waals surface area contributed by atoms with E-state index in [1.165, 1.54) is 6.07 Å².